The summed E-state index contributed by atoms with van der Waals surface area (Å²) in [5.74, 6) is 0.171. The second kappa shape index (κ2) is 6.69. The number of nitrogens with one attached hydrogen (secondary N) is 1. The van der Waals surface area contributed by atoms with Gasteiger partial charge in [0.2, 0.25) is 5.91 Å². The maximum absolute atomic E-state index is 11.8. The van der Waals surface area contributed by atoms with E-state index in [9.17, 15) is 13.2 Å². The molecule has 1 N–H and O–H groups in total. The molecular weight excluding hydrogens is 296 g/mol. The van der Waals surface area contributed by atoms with Crippen LogP contribution in [-0.4, -0.2) is 56.9 Å². The molecule has 1 saturated heterocycles. The molecule has 0 radical (unpaired) electrons. The highest BCUT2D eigenvalue weighted by molar-refractivity contribution is 7.91. The van der Waals surface area contributed by atoms with Crippen LogP contribution in [0.4, 0.5) is 0 Å². The SMILES string of the molecule is CN(CCc1cccs1)CC(=O)N[C@@H]1CCS(=O)(=O)C1. The van der Waals surface area contributed by atoms with Crippen molar-refractivity contribution in [3.8, 4) is 0 Å². The first kappa shape index (κ1) is 15.5. The van der Waals surface area contributed by atoms with Crippen LogP contribution in [0.15, 0.2) is 17.5 Å². The number of carbonyl (C=O) groups excluding carboxylic acids is 1. The van der Waals surface area contributed by atoms with E-state index in [1.54, 1.807) is 11.3 Å². The summed E-state index contributed by atoms with van der Waals surface area (Å²) in [6, 6.07) is 3.90. The van der Waals surface area contributed by atoms with Crippen molar-refractivity contribution < 1.29 is 13.2 Å². The normalized spacial score (nSPS) is 21.2. The van der Waals surface area contributed by atoms with Crippen molar-refractivity contribution >= 4 is 27.1 Å². The van der Waals surface area contributed by atoms with Crippen molar-refractivity contribution in [3.63, 3.8) is 0 Å². The first-order valence-corrected chi connectivity index (χ1v) is 9.35. The molecule has 1 aliphatic heterocycles. The minimum atomic E-state index is -2.94. The number of likely N-dealkylation sites (N-methyl/N-ethyl adjacent to an activating group) is 1. The smallest absolute Gasteiger partial charge is 0.234 e. The molecule has 1 fully saturated rings. The first-order chi connectivity index (χ1) is 9.44. The van der Waals surface area contributed by atoms with Crippen LogP contribution in [0.1, 0.15) is 11.3 Å². The molecule has 2 rings (SSSR count). The van der Waals surface area contributed by atoms with Crippen molar-refractivity contribution in [1.29, 1.82) is 0 Å². The molecule has 1 aromatic heterocycles. The summed E-state index contributed by atoms with van der Waals surface area (Å²) in [5.41, 5.74) is 0. The van der Waals surface area contributed by atoms with Crippen LogP contribution in [0.3, 0.4) is 0 Å². The zero-order valence-electron chi connectivity index (χ0n) is 11.5. The molecule has 0 spiro atoms. The van der Waals surface area contributed by atoms with E-state index in [4.69, 9.17) is 0 Å². The molecule has 20 heavy (non-hydrogen) atoms. The van der Waals surface area contributed by atoms with Crippen molar-refractivity contribution in [2.45, 2.75) is 18.9 Å². The maximum atomic E-state index is 11.8. The Morgan fingerprint density at radius 3 is 2.95 bits per heavy atom. The second-order valence-electron chi connectivity index (χ2n) is 5.23. The van der Waals surface area contributed by atoms with Gasteiger partial charge in [-0.3, -0.25) is 9.69 Å². The van der Waals surface area contributed by atoms with Gasteiger partial charge in [0, 0.05) is 17.5 Å². The fourth-order valence-electron chi connectivity index (χ4n) is 2.26. The van der Waals surface area contributed by atoms with E-state index in [1.165, 1.54) is 4.88 Å². The van der Waals surface area contributed by atoms with Gasteiger partial charge in [0.05, 0.1) is 18.1 Å². The average molecular weight is 316 g/mol. The highest BCUT2D eigenvalue weighted by Crippen LogP contribution is 2.11. The molecule has 0 unspecified atom stereocenters. The molecule has 112 valence electrons. The van der Waals surface area contributed by atoms with Gasteiger partial charge in [-0.05, 0) is 31.3 Å². The van der Waals surface area contributed by atoms with E-state index in [0.717, 1.165) is 13.0 Å². The van der Waals surface area contributed by atoms with Gasteiger partial charge in [-0.2, -0.15) is 0 Å². The fraction of sp³-hybridized carbons (Fsp3) is 0.615. The minimum absolute atomic E-state index is 0.0810. The van der Waals surface area contributed by atoms with Gasteiger partial charge in [0.15, 0.2) is 9.84 Å². The molecule has 0 aliphatic carbocycles. The third-order valence-electron chi connectivity index (χ3n) is 3.33. The summed E-state index contributed by atoms with van der Waals surface area (Å²) in [6.45, 7) is 1.12. The predicted molar refractivity (Wildman–Crippen MR) is 80.7 cm³/mol. The Morgan fingerprint density at radius 1 is 1.55 bits per heavy atom. The lowest BCUT2D eigenvalue weighted by atomic mass is 10.2. The van der Waals surface area contributed by atoms with Crippen molar-refractivity contribution in [3.05, 3.63) is 22.4 Å². The van der Waals surface area contributed by atoms with Crippen molar-refractivity contribution in [2.24, 2.45) is 0 Å². The Kier molecular flexibility index (Phi) is 5.17. The highest BCUT2D eigenvalue weighted by Gasteiger charge is 2.28. The summed E-state index contributed by atoms with van der Waals surface area (Å²) in [5, 5.41) is 4.85. The molecule has 1 amide bonds. The number of nitrogens with zero attached hydrogens (tertiary/aromatic N) is 1. The fourth-order valence-corrected chi connectivity index (χ4v) is 4.63. The van der Waals surface area contributed by atoms with Crippen molar-refractivity contribution in [2.75, 3.05) is 31.6 Å². The van der Waals surface area contributed by atoms with Gasteiger partial charge in [-0.15, -0.1) is 11.3 Å². The molecule has 5 nitrogen and oxygen atoms in total. The topological polar surface area (TPSA) is 66.5 Å². The van der Waals surface area contributed by atoms with E-state index in [-0.39, 0.29) is 23.5 Å². The number of amides is 1. The summed E-state index contributed by atoms with van der Waals surface area (Å²) in [4.78, 5) is 15.1. The summed E-state index contributed by atoms with van der Waals surface area (Å²) in [7, 11) is -1.03. The van der Waals surface area contributed by atoms with Crippen LogP contribution in [0.2, 0.25) is 0 Å². The Labute approximate surface area is 123 Å². The van der Waals surface area contributed by atoms with Gasteiger partial charge >= 0.3 is 0 Å². The van der Waals surface area contributed by atoms with Gasteiger partial charge in [-0.1, -0.05) is 6.07 Å². The van der Waals surface area contributed by atoms with E-state index >= 15 is 0 Å². The van der Waals surface area contributed by atoms with Gasteiger partial charge in [-0.25, -0.2) is 8.42 Å². The van der Waals surface area contributed by atoms with E-state index < -0.39 is 9.84 Å². The van der Waals surface area contributed by atoms with Gasteiger partial charge in [0.1, 0.15) is 0 Å². The van der Waals surface area contributed by atoms with Crippen LogP contribution in [0.25, 0.3) is 0 Å². The van der Waals surface area contributed by atoms with Gasteiger partial charge in [0.25, 0.3) is 0 Å². The largest absolute Gasteiger partial charge is 0.351 e. The number of sulfone groups is 1. The number of thiophene rings is 1. The zero-order chi connectivity index (χ0) is 14.6. The Hall–Kier alpha value is -0.920. The molecule has 7 heteroatoms. The van der Waals surface area contributed by atoms with E-state index in [1.807, 2.05) is 23.4 Å². The Balaban J connectivity index is 1.69. The summed E-state index contributed by atoms with van der Waals surface area (Å²) < 4.78 is 22.6. The van der Waals surface area contributed by atoms with Crippen LogP contribution in [0, 0.1) is 0 Å². The van der Waals surface area contributed by atoms with Crippen LogP contribution in [-0.2, 0) is 21.1 Å². The van der Waals surface area contributed by atoms with E-state index in [2.05, 4.69) is 11.4 Å². The number of hydrogen-bond acceptors (Lipinski definition) is 5. The lowest BCUT2D eigenvalue weighted by Gasteiger charge is -2.17. The molecule has 0 bridgehead atoms. The Bertz CT molecular complexity index is 540. The third-order valence-corrected chi connectivity index (χ3v) is 6.04. The van der Waals surface area contributed by atoms with Gasteiger partial charge < -0.3 is 5.32 Å². The minimum Gasteiger partial charge on any atom is -0.351 e. The zero-order valence-corrected chi connectivity index (χ0v) is 13.2. The molecule has 1 aromatic rings. The van der Waals surface area contributed by atoms with Crippen LogP contribution in [0.5, 0.6) is 0 Å². The van der Waals surface area contributed by atoms with E-state index in [0.29, 0.717) is 13.0 Å². The highest BCUT2D eigenvalue weighted by atomic mass is 32.2. The van der Waals surface area contributed by atoms with Crippen LogP contribution < -0.4 is 5.32 Å². The molecule has 1 aliphatic rings. The summed E-state index contributed by atoms with van der Waals surface area (Å²) in [6.07, 6.45) is 1.46. The molecule has 1 atom stereocenters. The molecule has 0 saturated carbocycles. The average Bonchev–Trinajstić information content (AvgIpc) is 2.96. The first-order valence-electron chi connectivity index (χ1n) is 6.65. The molecular formula is C13H20N2O3S2. The second-order valence-corrected chi connectivity index (χ2v) is 8.50. The number of hydrogen-bond donors (Lipinski definition) is 1. The lowest BCUT2D eigenvalue weighted by molar-refractivity contribution is -0.122. The predicted octanol–water partition coefficient (Wildman–Crippen LogP) is 0.526. The number of carbonyl (C=O) groups is 1. The third kappa shape index (κ3) is 4.88. The number of rotatable bonds is 6. The Morgan fingerprint density at radius 2 is 2.35 bits per heavy atom. The lowest BCUT2D eigenvalue weighted by Crippen LogP contribution is -2.41. The maximum Gasteiger partial charge on any atom is 0.234 e. The molecule has 0 aromatic carbocycles. The van der Waals surface area contributed by atoms with Crippen molar-refractivity contribution in [1.82, 2.24) is 10.2 Å². The quantitative estimate of drug-likeness (QED) is 0.831. The van der Waals surface area contributed by atoms with Crippen LogP contribution >= 0.6 is 11.3 Å². The molecule has 2 heterocycles. The monoisotopic (exact) mass is 316 g/mol. The summed E-state index contributed by atoms with van der Waals surface area (Å²) >= 11 is 1.72. The standard InChI is InChI=1S/C13H20N2O3S2/c1-15(6-4-12-3-2-7-19-12)9-13(16)14-11-5-8-20(17,18)10-11/h2-3,7,11H,4-6,8-10H2,1H3,(H,14,16)/t11-/m1/s1.